The van der Waals surface area contributed by atoms with E-state index >= 15 is 0 Å². The van der Waals surface area contributed by atoms with Gasteiger partial charge in [-0.15, -0.1) is 11.3 Å². The van der Waals surface area contributed by atoms with Gasteiger partial charge in [0.1, 0.15) is 4.83 Å². The van der Waals surface area contributed by atoms with Gasteiger partial charge in [0.25, 0.3) is 5.56 Å². The minimum Gasteiger partial charge on any atom is -0.325 e. The van der Waals surface area contributed by atoms with E-state index in [-0.39, 0.29) is 17.0 Å². The number of hydrogen-bond acceptors (Lipinski definition) is 5. The summed E-state index contributed by atoms with van der Waals surface area (Å²) in [7, 11) is 0. The summed E-state index contributed by atoms with van der Waals surface area (Å²) in [5.74, 6) is -2.48. The largest absolute Gasteiger partial charge is 0.325 e. The Morgan fingerprint density at radius 3 is 2.82 bits per heavy atom. The summed E-state index contributed by atoms with van der Waals surface area (Å²) in [4.78, 5) is 32.8. The lowest BCUT2D eigenvalue weighted by Gasteiger charge is -2.13. The number of fused-ring (bicyclic) bond motifs is 3. The van der Waals surface area contributed by atoms with E-state index in [9.17, 15) is 18.4 Å². The van der Waals surface area contributed by atoms with E-state index in [1.54, 1.807) is 15.9 Å². The van der Waals surface area contributed by atoms with Crippen molar-refractivity contribution >= 4 is 44.9 Å². The number of carbonyl (C=O) groups is 1. The molecule has 0 bridgehead atoms. The van der Waals surface area contributed by atoms with Crippen molar-refractivity contribution in [3.8, 4) is 5.69 Å². The molecule has 1 aliphatic carbocycles. The minimum atomic E-state index is -1.04. The average Bonchev–Trinajstić information content (AvgIpc) is 3.36. The number of benzene rings is 2. The molecule has 0 radical (unpaired) electrons. The third-order valence-electron chi connectivity index (χ3n) is 5.50. The van der Waals surface area contributed by atoms with Crippen LogP contribution in [0.15, 0.2) is 52.4 Å². The molecule has 1 aliphatic rings. The first-order chi connectivity index (χ1) is 15.9. The van der Waals surface area contributed by atoms with E-state index < -0.39 is 17.5 Å². The zero-order valence-corrected chi connectivity index (χ0v) is 19.3. The molecule has 1 amide bonds. The van der Waals surface area contributed by atoms with Crippen LogP contribution in [0.4, 0.5) is 14.5 Å². The number of nitrogens with zero attached hydrogens (tertiary/aromatic N) is 2. The molecule has 0 saturated heterocycles. The van der Waals surface area contributed by atoms with Gasteiger partial charge in [-0.2, -0.15) is 0 Å². The number of thiophene rings is 1. The number of nitrogens with one attached hydrogen (secondary N) is 1. The maximum atomic E-state index is 13.6. The van der Waals surface area contributed by atoms with Crippen molar-refractivity contribution in [2.45, 2.75) is 31.3 Å². The Balaban J connectivity index is 1.50. The molecular formula is C24H19F2N3O2S2. The van der Waals surface area contributed by atoms with Crippen molar-refractivity contribution in [2.24, 2.45) is 0 Å². The molecule has 33 heavy (non-hydrogen) atoms. The molecule has 0 atom stereocenters. The molecule has 0 saturated carbocycles. The van der Waals surface area contributed by atoms with Crippen molar-refractivity contribution in [3.05, 3.63) is 80.5 Å². The topological polar surface area (TPSA) is 64.0 Å². The molecule has 2 heterocycles. The van der Waals surface area contributed by atoms with Crippen LogP contribution in [0.1, 0.15) is 22.4 Å². The first-order valence-corrected chi connectivity index (χ1v) is 12.2. The number of amides is 1. The number of hydrogen-bond donors (Lipinski definition) is 1. The average molecular weight is 484 g/mol. The lowest BCUT2D eigenvalue weighted by Crippen LogP contribution is -2.23. The molecule has 1 N–H and O–H groups in total. The van der Waals surface area contributed by atoms with E-state index in [0.29, 0.717) is 21.1 Å². The third-order valence-corrected chi connectivity index (χ3v) is 7.63. The fraction of sp³-hybridized carbons (Fsp3) is 0.208. The highest BCUT2D eigenvalue weighted by molar-refractivity contribution is 7.99. The smallest absolute Gasteiger partial charge is 0.267 e. The van der Waals surface area contributed by atoms with Crippen LogP contribution in [0.5, 0.6) is 0 Å². The fourth-order valence-corrected chi connectivity index (χ4v) is 6.13. The quantitative estimate of drug-likeness (QED) is 0.311. The number of aromatic nitrogens is 2. The number of carbonyl (C=O) groups excluding carboxylic acids is 1. The molecule has 0 spiro atoms. The standard InChI is InChI=1S/C24H19F2N3O2S2/c1-13-4-2-5-15(10-13)29-23(31)21-16-6-3-7-19(16)33-22(21)28-24(29)32-12-20(30)27-14-8-9-17(25)18(26)11-14/h2,4-5,8-11H,3,6-7,12H2,1H3,(H,27,30). The normalized spacial score (nSPS) is 12.8. The summed E-state index contributed by atoms with van der Waals surface area (Å²) in [6.45, 7) is 1.95. The summed E-state index contributed by atoms with van der Waals surface area (Å²) in [5.41, 5.74) is 2.82. The van der Waals surface area contributed by atoms with Gasteiger partial charge in [0, 0.05) is 16.6 Å². The number of thioether (sulfide) groups is 1. The molecule has 5 nitrogen and oxygen atoms in total. The Morgan fingerprint density at radius 1 is 1.18 bits per heavy atom. The van der Waals surface area contributed by atoms with Gasteiger partial charge in [0.15, 0.2) is 16.8 Å². The van der Waals surface area contributed by atoms with Gasteiger partial charge in [-0.3, -0.25) is 14.2 Å². The highest BCUT2D eigenvalue weighted by Gasteiger charge is 2.24. The summed E-state index contributed by atoms with van der Waals surface area (Å²) in [5, 5.41) is 3.64. The summed E-state index contributed by atoms with van der Waals surface area (Å²) >= 11 is 2.68. The third kappa shape index (κ3) is 4.18. The maximum Gasteiger partial charge on any atom is 0.267 e. The van der Waals surface area contributed by atoms with Crippen LogP contribution in [-0.4, -0.2) is 21.2 Å². The minimum absolute atomic E-state index is 0.0478. The second-order valence-corrected chi connectivity index (χ2v) is 9.90. The van der Waals surface area contributed by atoms with Gasteiger partial charge in [-0.25, -0.2) is 13.8 Å². The molecule has 5 rings (SSSR count). The lowest BCUT2D eigenvalue weighted by molar-refractivity contribution is -0.113. The van der Waals surface area contributed by atoms with Gasteiger partial charge < -0.3 is 5.32 Å². The first kappa shape index (κ1) is 21.8. The van der Waals surface area contributed by atoms with Crippen LogP contribution in [-0.2, 0) is 17.6 Å². The van der Waals surface area contributed by atoms with E-state index in [2.05, 4.69) is 5.32 Å². The van der Waals surface area contributed by atoms with Crippen molar-refractivity contribution in [1.82, 2.24) is 9.55 Å². The molecule has 4 aromatic rings. The van der Waals surface area contributed by atoms with Gasteiger partial charge >= 0.3 is 0 Å². The highest BCUT2D eigenvalue weighted by Crippen LogP contribution is 2.36. The monoisotopic (exact) mass is 483 g/mol. The maximum absolute atomic E-state index is 13.6. The SMILES string of the molecule is Cc1cccc(-n2c(SCC(=O)Nc3ccc(F)c(F)c3)nc3sc4c(c3c2=O)CCC4)c1. The molecule has 2 aromatic carbocycles. The predicted octanol–water partition coefficient (Wildman–Crippen LogP) is 5.25. The van der Waals surface area contributed by atoms with Crippen LogP contribution >= 0.6 is 23.1 Å². The second-order valence-electron chi connectivity index (χ2n) is 7.88. The summed E-state index contributed by atoms with van der Waals surface area (Å²) in [6, 6.07) is 10.8. The molecule has 9 heteroatoms. The Morgan fingerprint density at radius 2 is 2.03 bits per heavy atom. The first-order valence-electron chi connectivity index (χ1n) is 10.4. The van der Waals surface area contributed by atoms with Crippen LogP contribution in [0, 0.1) is 18.6 Å². The molecule has 0 unspecified atom stereocenters. The second kappa shape index (κ2) is 8.72. The Labute approximate surface area is 196 Å². The lowest BCUT2D eigenvalue weighted by atomic mass is 10.2. The van der Waals surface area contributed by atoms with Crippen LogP contribution in [0.3, 0.4) is 0 Å². The summed E-state index contributed by atoms with van der Waals surface area (Å²) < 4.78 is 28.1. The van der Waals surface area contributed by atoms with E-state index in [0.717, 1.165) is 54.3 Å². The molecule has 2 aromatic heterocycles. The van der Waals surface area contributed by atoms with E-state index in [1.807, 2.05) is 31.2 Å². The number of halogens is 2. The van der Waals surface area contributed by atoms with Crippen molar-refractivity contribution in [2.75, 3.05) is 11.1 Å². The Hall–Kier alpha value is -3.04. The Bertz CT molecular complexity index is 1460. The zero-order chi connectivity index (χ0) is 23.1. The predicted molar refractivity (Wildman–Crippen MR) is 128 cm³/mol. The zero-order valence-electron chi connectivity index (χ0n) is 17.7. The molecular weight excluding hydrogens is 464 g/mol. The van der Waals surface area contributed by atoms with Crippen molar-refractivity contribution < 1.29 is 13.6 Å². The molecule has 0 fully saturated rings. The van der Waals surface area contributed by atoms with Gasteiger partial charge in [-0.05, 0) is 61.6 Å². The fourth-order valence-electron chi connectivity index (χ4n) is 4.02. The number of anilines is 1. The van der Waals surface area contributed by atoms with E-state index in [1.165, 1.54) is 10.9 Å². The van der Waals surface area contributed by atoms with Gasteiger partial charge in [-0.1, -0.05) is 23.9 Å². The van der Waals surface area contributed by atoms with E-state index in [4.69, 9.17) is 4.98 Å². The molecule has 0 aliphatic heterocycles. The van der Waals surface area contributed by atoms with Crippen LogP contribution in [0.2, 0.25) is 0 Å². The van der Waals surface area contributed by atoms with Crippen molar-refractivity contribution in [1.29, 1.82) is 0 Å². The van der Waals surface area contributed by atoms with Crippen LogP contribution < -0.4 is 10.9 Å². The highest BCUT2D eigenvalue weighted by atomic mass is 32.2. The van der Waals surface area contributed by atoms with Gasteiger partial charge in [0.2, 0.25) is 5.91 Å². The Kier molecular flexibility index (Phi) is 5.76. The number of aryl methyl sites for hydroxylation is 3. The van der Waals surface area contributed by atoms with Gasteiger partial charge in [0.05, 0.1) is 16.8 Å². The summed E-state index contributed by atoms with van der Waals surface area (Å²) in [6.07, 6.45) is 2.88. The molecule has 168 valence electrons. The van der Waals surface area contributed by atoms with Crippen molar-refractivity contribution in [3.63, 3.8) is 0 Å². The van der Waals surface area contributed by atoms with Crippen LogP contribution in [0.25, 0.3) is 15.9 Å². The number of rotatable bonds is 5.